The third-order valence-electron chi connectivity index (χ3n) is 5.48. The molecular formula is C25H26NO3S+. The molecule has 1 aliphatic rings. The summed E-state index contributed by atoms with van der Waals surface area (Å²) in [5.74, 6) is 0.711. The van der Waals surface area contributed by atoms with E-state index in [4.69, 9.17) is 0 Å². The Morgan fingerprint density at radius 3 is 1.60 bits per heavy atom. The molecule has 1 fully saturated rings. The predicted molar refractivity (Wildman–Crippen MR) is 120 cm³/mol. The molecule has 3 aromatic rings. The topological polar surface area (TPSA) is 69.6 Å². The lowest BCUT2D eigenvalue weighted by Crippen LogP contribution is -2.24. The fraction of sp³-hybridized carbons (Fsp3) is 0.240. The molecule has 1 amide bonds. The van der Waals surface area contributed by atoms with Gasteiger partial charge >= 0.3 is 0 Å². The number of carbonyl (C=O) groups is 1. The highest BCUT2D eigenvalue weighted by molar-refractivity contribution is 7.97. The van der Waals surface area contributed by atoms with Crippen molar-refractivity contribution in [2.75, 3.05) is 5.32 Å². The van der Waals surface area contributed by atoms with E-state index in [1.807, 2.05) is 48.5 Å². The minimum absolute atomic E-state index is 0.124. The molecule has 0 unspecified atom stereocenters. The van der Waals surface area contributed by atoms with Crippen molar-refractivity contribution in [2.45, 2.75) is 46.8 Å². The van der Waals surface area contributed by atoms with Gasteiger partial charge in [0.1, 0.15) is 11.5 Å². The normalized spacial score (nSPS) is 14.6. The van der Waals surface area contributed by atoms with Crippen LogP contribution in [0.15, 0.2) is 87.5 Å². The Labute approximate surface area is 179 Å². The van der Waals surface area contributed by atoms with Crippen molar-refractivity contribution < 1.29 is 15.0 Å². The highest BCUT2D eigenvalue weighted by atomic mass is 32.2. The summed E-state index contributed by atoms with van der Waals surface area (Å²) >= 11 is 0. The average Bonchev–Trinajstić information content (AvgIpc) is 2.78. The zero-order valence-corrected chi connectivity index (χ0v) is 17.6. The number of nitrogens with one attached hydrogen (secondary N) is 1. The number of rotatable bonds is 5. The average molecular weight is 421 g/mol. The van der Waals surface area contributed by atoms with Crippen LogP contribution in [-0.4, -0.2) is 16.1 Å². The van der Waals surface area contributed by atoms with E-state index in [1.165, 1.54) is 6.42 Å². The quantitative estimate of drug-likeness (QED) is 0.463. The van der Waals surface area contributed by atoms with Gasteiger partial charge in [-0.15, -0.1) is 0 Å². The Balaban J connectivity index is 1.58. The molecule has 154 valence electrons. The number of amides is 1. The SMILES string of the molecule is O=C(Nc1ccc([S+](c2ccc(O)cc2)c2ccc(O)cc2)cc1)C1CCCCC1. The third-order valence-corrected chi connectivity index (χ3v) is 7.71. The van der Waals surface area contributed by atoms with Gasteiger partial charge in [0.15, 0.2) is 14.7 Å². The Bertz CT molecular complexity index is 933. The van der Waals surface area contributed by atoms with Crippen LogP contribution in [0.4, 0.5) is 5.69 Å². The van der Waals surface area contributed by atoms with Crippen molar-refractivity contribution in [3.63, 3.8) is 0 Å². The maximum absolute atomic E-state index is 12.5. The molecule has 0 saturated heterocycles. The monoisotopic (exact) mass is 420 g/mol. The predicted octanol–water partition coefficient (Wildman–Crippen LogP) is 5.71. The van der Waals surface area contributed by atoms with Gasteiger partial charge in [-0.05, 0) is 85.6 Å². The van der Waals surface area contributed by atoms with Crippen molar-refractivity contribution >= 4 is 22.5 Å². The van der Waals surface area contributed by atoms with Gasteiger partial charge in [0.2, 0.25) is 5.91 Å². The largest absolute Gasteiger partial charge is 0.508 e. The molecule has 1 aliphatic carbocycles. The van der Waals surface area contributed by atoms with E-state index in [1.54, 1.807) is 24.3 Å². The minimum atomic E-state index is -0.391. The first kappa shape index (κ1) is 20.4. The summed E-state index contributed by atoms with van der Waals surface area (Å²) in [6.07, 6.45) is 5.47. The summed E-state index contributed by atoms with van der Waals surface area (Å²) < 4.78 is 0. The number of anilines is 1. The van der Waals surface area contributed by atoms with Crippen LogP contribution in [0.3, 0.4) is 0 Å². The molecule has 1 saturated carbocycles. The lowest BCUT2D eigenvalue weighted by molar-refractivity contribution is -0.120. The van der Waals surface area contributed by atoms with E-state index in [2.05, 4.69) is 5.32 Å². The van der Waals surface area contributed by atoms with Crippen LogP contribution in [0.2, 0.25) is 0 Å². The summed E-state index contributed by atoms with van der Waals surface area (Å²) in [6, 6.07) is 22.4. The zero-order chi connectivity index (χ0) is 20.9. The first-order chi connectivity index (χ1) is 14.6. The number of hydrogen-bond donors (Lipinski definition) is 3. The van der Waals surface area contributed by atoms with E-state index in [0.29, 0.717) is 0 Å². The standard InChI is InChI=1S/C25H25NO3S/c27-20-8-14-23(15-9-20)30(24-16-10-21(28)11-17-24)22-12-6-19(7-13-22)26-25(29)18-4-2-1-3-5-18/h6-18H,1-5H2,(H2-,26,27,28,29)/p+1. The molecule has 0 radical (unpaired) electrons. The molecule has 0 atom stereocenters. The summed E-state index contributed by atoms with van der Waals surface area (Å²) in [7, 11) is -0.391. The van der Waals surface area contributed by atoms with Crippen LogP contribution >= 0.6 is 0 Å². The Morgan fingerprint density at radius 2 is 1.13 bits per heavy atom. The molecule has 3 aromatic carbocycles. The second-order valence-corrected chi connectivity index (χ2v) is 9.67. The van der Waals surface area contributed by atoms with Gasteiger partial charge in [0.05, 0.1) is 10.9 Å². The van der Waals surface area contributed by atoms with E-state index in [0.717, 1.165) is 46.1 Å². The molecule has 4 nitrogen and oxygen atoms in total. The lowest BCUT2D eigenvalue weighted by atomic mass is 9.88. The summed E-state index contributed by atoms with van der Waals surface area (Å²) in [5.41, 5.74) is 0.814. The number of carbonyl (C=O) groups excluding carboxylic acids is 1. The molecule has 0 heterocycles. The number of hydrogen-bond acceptors (Lipinski definition) is 3. The highest BCUT2D eigenvalue weighted by Crippen LogP contribution is 2.33. The van der Waals surface area contributed by atoms with Crippen LogP contribution in [-0.2, 0) is 15.7 Å². The second kappa shape index (κ2) is 9.26. The van der Waals surface area contributed by atoms with Gasteiger partial charge in [-0.3, -0.25) is 4.79 Å². The van der Waals surface area contributed by atoms with Gasteiger partial charge in [-0.1, -0.05) is 19.3 Å². The lowest BCUT2D eigenvalue weighted by Gasteiger charge is -2.20. The molecular weight excluding hydrogens is 394 g/mol. The van der Waals surface area contributed by atoms with Crippen LogP contribution in [0.25, 0.3) is 0 Å². The zero-order valence-electron chi connectivity index (χ0n) is 16.8. The molecule has 5 heteroatoms. The summed E-state index contributed by atoms with van der Waals surface area (Å²) in [6.45, 7) is 0. The van der Waals surface area contributed by atoms with Crippen molar-refractivity contribution in [3.05, 3.63) is 72.8 Å². The van der Waals surface area contributed by atoms with E-state index >= 15 is 0 Å². The number of phenolic OH excluding ortho intramolecular Hbond substituents is 2. The second-order valence-electron chi connectivity index (χ2n) is 7.64. The smallest absolute Gasteiger partial charge is 0.227 e. The first-order valence-electron chi connectivity index (χ1n) is 10.3. The fourth-order valence-electron chi connectivity index (χ4n) is 3.86. The van der Waals surface area contributed by atoms with Crippen molar-refractivity contribution in [2.24, 2.45) is 5.92 Å². The van der Waals surface area contributed by atoms with Gasteiger partial charge in [-0.25, -0.2) is 0 Å². The van der Waals surface area contributed by atoms with Crippen LogP contribution < -0.4 is 5.32 Å². The molecule has 0 bridgehead atoms. The third kappa shape index (κ3) is 4.79. The molecule has 0 aliphatic heterocycles. The highest BCUT2D eigenvalue weighted by Gasteiger charge is 2.29. The van der Waals surface area contributed by atoms with Crippen LogP contribution in [0.1, 0.15) is 32.1 Å². The molecule has 0 aromatic heterocycles. The molecule has 0 spiro atoms. The Kier molecular flexibility index (Phi) is 6.29. The Morgan fingerprint density at radius 1 is 0.700 bits per heavy atom. The number of phenols is 2. The fourth-order valence-corrected chi connectivity index (χ4v) is 5.90. The van der Waals surface area contributed by atoms with Crippen LogP contribution in [0.5, 0.6) is 11.5 Å². The van der Waals surface area contributed by atoms with Gasteiger partial charge in [0, 0.05) is 11.6 Å². The van der Waals surface area contributed by atoms with Crippen molar-refractivity contribution in [1.29, 1.82) is 0 Å². The van der Waals surface area contributed by atoms with Gasteiger partial charge < -0.3 is 15.5 Å². The minimum Gasteiger partial charge on any atom is -0.508 e. The van der Waals surface area contributed by atoms with Crippen LogP contribution in [0, 0.1) is 5.92 Å². The van der Waals surface area contributed by atoms with Crippen molar-refractivity contribution in [1.82, 2.24) is 0 Å². The summed E-state index contributed by atoms with van der Waals surface area (Å²) in [4.78, 5) is 15.8. The van der Waals surface area contributed by atoms with E-state index < -0.39 is 10.9 Å². The molecule has 30 heavy (non-hydrogen) atoms. The molecule has 3 N–H and O–H groups in total. The van der Waals surface area contributed by atoms with Gasteiger partial charge in [-0.2, -0.15) is 0 Å². The van der Waals surface area contributed by atoms with E-state index in [-0.39, 0.29) is 23.3 Å². The maximum atomic E-state index is 12.5. The maximum Gasteiger partial charge on any atom is 0.227 e. The Hall–Kier alpha value is -2.92. The number of aromatic hydroxyl groups is 2. The first-order valence-corrected chi connectivity index (χ1v) is 11.6. The van der Waals surface area contributed by atoms with Crippen molar-refractivity contribution in [3.8, 4) is 11.5 Å². The molecule has 4 rings (SSSR count). The summed E-state index contributed by atoms with van der Waals surface area (Å²) in [5, 5.41) is 22.4. The van der Waals surface area contributed by atoms with E-state index in [9.17, 15) is 15.0 Å². The number of benzene rings is 3. The van der Waals surface area contributed by atoms with Gasteiger partial charge in [0.25, 0.3) is 0 Å².